The molecule has 1 aromatic carbocycles. The predicted octanol–water partition coefficient (Wildman–Crippen LogP) is 2.85. The zero-order valence-corrected chi connectivity index (χ0v) is 12.0. The quantitative estimate of drug-likeness (QED) is 0.839. The minimum absolute atomic E-state index is 0.106. The minimum atomic E-state index is -4.55. The van der Waals surface area contributed by atoms with Gasteiger partial charge in [-0.15, -0.1) is 0 Å². The number of hydrogen-bond donors (Lipinski definition) is 2. The van der Waals surface area contributed by atoms with Gasteiger partial charge in [0.1, 0.15) is 11.5 Å². The lowest BCUT2D eigenvalue weighted by Crippen LogP contribution is -2.20. The molecule has 24 heavy (non-hydrogen) atoms. The Labute approximate surface area is 133 Å². The molecule has 2 rings (SSSR count). The van der Waals surface area contributed by atoms with Gasteiger partial charge in [-0.25, -0.2) is 9.37 Å². The molecule has 0 spiro atoms. The van der Waals surface area contributed by atoms with Gasteiger partial charge < -0.3 is 11.1 Å². The molecule has 0 saturated carbocycles. The van der Waals surface area contributed by atoms with Crippen LogP contribution < -0.4 is 11.1 Å². The summed E-state index contributed by atoms with van der Waals surface area (Å²) in [5.41, 5.74) is 3.71. The number of benzene rings is 1. The van der Waals surface area contributed by atoms with Crippen LogP contribution in [0, 0.1) is 0 Å². The molecule has 1 aromatic heterocycles. The van der Waals surface area contributed by atoms with Crippen LogP contribution in [0.3, 0.4) is 0 Å². The molecule has 9 heteroatoms. The van der Waals surface area contributed by atoms with Crippen molar-refractivity contribution < 1.29 is 27.2 Å². The van der Waals surface area contributed by atoms with E-state index in [9.17, 15) is 27.2 Å². The van der Waals surface area contributed by atoms with Crippen LogP contribution in [0.4, 0.5) is 23.4 Å². The van der Waals surface area contributed by atoms with Gasteiger partial charge in [0.25, 0.3) is 11.8 Å². The van der Waals surface area contributed by atoms with Gasteiger partial charge in [-0.3, -0.25) is 9.59 Å². The first-order valence-electron chi connectivity index (χ1n) is 6.57. The number of alkyl halides is 4. The highest BCUT2D eigenvalue weighted by Crippen LogP contribution is 2.30. The number of aromatic nitrogens is 1. The molecule has 126 valence electrons. The molecule has 3 N–H and O–H groups in total. The summed E-state index contributed by atoms with van der Waals surface area (Å²) in [5, 5.41) is 2.13. The second kappa shape index (κ2) is 6.65. The van der Waals surface area contributed by atoms with Crippen LogP contribution in [-0.2, 0) is 11.0 Å². The molecule has 0 bridgehead atoms. The van der Waals surface area contributed by atoms with E-state index < -0.39 is 29.7 Å². The van der Waals surface area contributed by atoms with E-state index in [1.165, 1.54) is 18.2 Å². The summed E-state index contributed by atoms with van der Waals surface area (Å²) in [5.74, 6) is -2.07. The number of pyridine rings is 1. The average molecular weight is 341 g/mol. The number of carbonyl (C=O) groups excluding carboxylic acids is 2. The third-order valence-electron chi connectivity index (χ3n) is 3.01. The summed E-state index contributed by atoms with van der Waals surface area (Å²) in [6.07, 6.45) is -6.75. The Kier molecular flexibility index (Phi) is 4.82. The van der Waals surface area contributed by atoms with Crippen LogP contribution in [0.1, 0.15) is 27.8 Å². The van der Waals surface area contributed by atoms with Crippen molar-refractivity contribution in [3.05, 3.63) is 59.3 Å². The Morgan fingerprint density at radius 2 is 1.71 bits per heavy atom. The molecule has 0 aliphatic carbocycles. The highest BCUT2D eigenvalue weighted by molar-refractivity contribution is 5.95. The lowest BCUT2D eigenvalue weighted by Gasteiger charge is -2.11. The first-order valence-corrected chi connectivity index (χ1v) is 6.57. The lowest BCUT2D eigenvalue weighted by atomic mass is 10.1. The summed E-state index contributed by atoms with van der Waals surface area (Å²) >= 11 is 0. The zero-order chi connectivity index (χ0) is 17.9. The fourth-order valence-corrected chi connectivity index (χ4v) is 1.82. The second-order valence-corrected chi connectivity index (χ2v) is 4.74. The van der Waals surface area contributed by atoms with Crippen LogP contribution in [-0.4, -0.2) is 16.8 Å². The monoisotopic (exact) mass is 341 g/mol. The number of carbonyl (C=O) groups is 2. The van der Waals surface area contributed by atoms with E-state index in [2.05, 4.69) is 10.3 Å². The van der Waals surface area contributed by atoms with Crippen molar-refractivity contribution in [2.75, 3.05) is 5.32 Å². The normalized spacial score (nSPS) is 12.5. The average Bonchev–Trinajstić information content (AvgIpc) is 2.53. The van der Waals surface area contributed by atoms with Crippen molar-refractivity contribution in [2.24, 2.45) is 5.73 Å². The van der Waals surface area contributed by atoms with Crippen molar-refractivity contribution in [1.29, 1.82) is 0 Å². The lowest BCUT2D eigenvalue weighted by molar-refractivity contribution is -0.137. The molecule has 2 aromatic rings. The first kappa shape index (κ1) is 17.4. The fourth-order valence-electron chi connectivity index (χ4n) is 1.82. The number of anilines is 1. The van der Waals surface area contributed by atoms with Gasteiger partial charge in [-0.05, 0) is 29.8 Å². The molecule has 0 aliphatic heterocycles. The van der Waals surface area contributed by atoms with Crippen LogP contribution in [0.25, 0.3) is 0 Å². The third kappa shape index (κ3) is 4.06. The van der Waals surface area contributed by atoms with Gasteiger partial charge in [0.05, 0.1) is 5.56 Å². The van der Waals surface area contributed by atoms with E-state index in [-0.39, 0.29) is 17.1 Å². The van der Waals surface area contributed by atoms with E-state index >= 15 is 0 Å². The Morgan fingerprint density at radius 3 is 2.25 bits per heavy atom. The summed E-state index contributed by atoms with van der Waals surface area (Å²) in [7, 11) is 0. The highest BCUT2D eigenvalue weighted by atomic mass is 19.4. The molecule has 5 nitrogen and oxygen atoms in total. The molecule has 0 radical (unpaired) electrons. The number of hydrogen-bond acceptors (Lipinski definition) is 3. The number of halogens is 4. The van der Waals surface area contributed by atoms with Crippen molar-refractivity contribution in [3.8, 4) is 0 Å². The smallest absolute Gasteiger partial charge is 0.364 e. The maximum atomic E-state index is 14.1. The number of rotatable bonds is 4. The predicted molar refractivity (Wildman–Crippen MR) is 76.7 cm³/mol. The minimum Gasteiger partial charge on any atom is -0.364 e. The van der Waals surface area contributed by atoms with Crippen molar-refractivity contribution in [1.82, 2.24) is 4.98 Å². The maximum absolute atomic E-state index is 14.1. The number of nitrogens with one attached hydrogen (secondary N) is 1. The molecule has 1 heterocycles. The highest BCUT2D eigenvalue weighted by Gasteiger charge is 2.30. The zero-order valence-electron chi connectivity index (χ0n) is 12.0. The van der Waals surface area contributed by atoms with Gasteiger partial charge in [0, 0.05) is 0 Å². The fraction of sp³-hybridized carbons (Fsp3) is 0.133. The largest absolute Gasteiger partial charge is 0.416 e. The van der Waals surface area contributed by atoms with Crippen LogP contribution in [0.5, 0.6) is 0 Å². The molecular weight excluding hydrogens is 330 g/mol. The summed E-state index contributed by atoms with van der Waals surface area (Å²) in [6, 6.07) is 7.11. The topological polar surface area (TPSA) is 85.1 Å². The van der Waals surface area contributed by atoms with Crippen molar-refractivity contribution in [2.45, 2.75) is 12.3 Å². The number of nitrogens with two attached hydrogens (primary N) is 1. The van der Waals surface area contributed by atoms with E-state index in [0.717, 1.165) is 12.1 Å². The molecule has 0 fully saturated rings. The number of amides is 2. The van der Waals surface area contributed by atoms with E-state index in [0.29, 0.717) is 12.1 Å². The molecule has 0 unspecified atom stereocenters. The van der Waals surface area contributed by atoms with Gasteiger partial charge in [0.2, 0.25) is 6.17 Å². The van der Waals surface area contributed by atoms with Crippen LogP contribution >= 0.6 is 0 Å². The van der Waals surface area contributed by atoms with E-state index in [1.54, 1.807) is 0 Å². The molecule has 0 saturated heterocycles. The summed E-state index contributed by atoms with van der Waals surface area (Å²) in [4.78, 5) is 26.5. The Bertz CT molecular complexity index is 760. The molecule has 2 amide bonds. The van der Waals surface area contributed by atoms with Gasteiger partial charge >= 0.3 is 6.18 Å². The van der Waals surface area contributed by atoms with E-state index in [1.807, 2.05) is 0 Å². The van der Waals surface area contributed by atoms with Crippen LogP contribution in [0.15, 0.2) is 42.5 Å². The number of primary amides is 1. The summed E-state index contributed by atoms with van der Waals surface area (Å²) in [6.45, 7) is 0. The third-order valence-corrected chi connectivity index (χ3v) is 3.01. The van der Waals surface area contributed by atoms with Crippen molar-refractivity contribution >= 4 is 17.6 Å². The van der Waals surface area contributed by atoms with E-state index in [4.69, 9.17) is 5.73 Å². The van der Waals surface area contributed by atoms with Crippen LogP contribution in [0.2, 0.25) is 0 Å². The Morgan fingerprint density at radius 1 is 1.08 bits per heavy atom. The Hall–Kier alpha value is -2.97. The standard InChI is InChI=1S/C15H11F4N3O2/c16-12(8-4-6-9(7-5-8)15(17,18)19)14(24)22-11-3-1-2-10(21-11)13(20)23/h1-7,12H,(H2,20,23)(H,21,22,24)/t12-/m1/s1. The molecule has 0 aliphatic rings. The van der Waals surface area contributed by atoms with Crippen molar-refractivity contribution in [3.63, 3.8) is 0 Å². The second-order valence-electron chi connectivity index (χ2n) is 4.74. The van der Waals surface area contributed by atoms with Gasteiger partial charge in [-0.1, -0.05) is 18.2 Å². The summed E-state index contributed by atoms with van der Waals surface area (Å²) < 4.78 is 51.4. The number of nitrogens with zero attached hydrogens (tertiary/aromatic N) is 1. The van der Waals surface area contributed by atoms with Gasteiger partial charge in [0.15, 0.2) is 0 Å². The maximum Gasteiger partial charge on any atom is 0.416 e. The molecular formula is C15H11F4N3O2. The SMILES string of the molecule is NC(=O)c1cccc(NC(=O)[C@H](F)c2ccc(C(F)(F)F)cc2)n1. The first-order chi connectivity index (χ1) is 11.2. The molecule has 1 atom stereocenters. The van der Waals surface area contributed by atoms with Gasteiger partial charge in [-0.2, -0.15) is 13.2 Å². The Balaban J connectivity index is 2.12.